The van der Waals surface area contributed by atoms with Crippen LogP contribution in [0.3, 0.4) is 0 Å². The predicted molar refractivity (Wildman–Crippen MR) is 76.9 cm³/mol. The second-order valence-electron chi connectivity index (χ2n) is 4.28. The van der Waals surface area contributed by atoms with Gasteiger partial charge in [0.05, 0.1) is 16.6 Å². The molecule has 0 fully saturated rings. The Hall–Kier alpha value is -2.87. The minimum Gasteiger partial charge on any atom is -0.350 e. The molecule has 0 aliphatic carbocycles. The van der Waals surface area contributed by atoms with Gasteiger partial charge in [0.2, 0.25) is 0 Å². The number of nitrogens with one attached hydrogen (secondary N) is 1. The molecule has 0 bridgehead atoms. The lowest BCUT2D eigenvalue weighted by molar-refractivity contribution is -0.383. The molecule has 20 heavy (non-hydrogen) atoms. The number of aryl methyl sites for hydroxylation is 1. The van der Waals surface area contributed by atoms with E-state index in [4.69, 9.17) is 5.26 Å². The maximum absolute atomic E-state index is 11.1. The van der Waals surface area contributed by atoms with Crippen LogP contribution in [0.15, 0.2) is 42.5 Å². The van der Waals surface area contributed by atoms with E-state index < -0.39 is 4.92 Å². The molecular formula is C15H13N3O2. The molecule has 0 saturated heterocycles. The van der Waals surface area contributed by atoms with Crippen molar-refractivity contribution in [1.29, 1.82) is 5.26 Å². The molecule has 0 radical (unpaired) electrons. The predicted octanol–water partition coefficient (Wildman–Crippen LogP) is 3.77. The first-order valence-corrected chi connectivity index (χ1v) is 6.18. The van der Waals surface area contributed by atoms with E-state index in [1.165, 1.54) is 6.07 Å². The Labute approximate surface area is 116 Å². The van der Waals surface area contributed by atoms with Gasteiger partial charge < -0.3 is 5.32 Å². The van der Waals surface area contributed by atoms with Crippen LogP contribution in [0.25, 0.3) is 0 Å². The zero-order valence-electron chi connectivity index (χ0n) is 11.0. The Kier molecular flexibility index (Phi) is 3.96. The number of hydrogen-bond donors (Lipinski definition) is 1. The molecule has 5 heteroatoms. The summed E-state index contributed by atoms with van der Waals surface area (Å²) >= 11 is 0. The normalized spacial score (nSPS) is 9.80. The fourth-order valence-corrected chi connectivity index (χ4v) is 1.88. The van der Waals surface area contributed by atoms with Crippen molar-refractivity contribution in [3.63, 3.8) is 0 Å². The third kappa shape index (κ3) is 2.93. The standard InChI is InChI=1S/C15H13N3O2/c1-2-11-4-3-5-13(8-11)17-14-7-6-12(10-16)9-15(14)18(19)20/h3-9,17H,2H2,1H3. The summed E-state index contributed by atoms with van der Waals surface area (Å²) in [5.41, 5.74) is 2.47. The lowest BCUT2D eigenvalue weighted by Crippen LogP contribution is -1.98. The Balaban J connectivity index is 2.37. The lowest BCUT2D eigenvalue weighted by Gasteiger charge is -2.08. The first-order chi connectivity index (χ1) is 9.63. The van der Waals surface area contributed by atoms with E-state index in [-0.39, 0.29) is 11.3 Å². The highest BCUT2D eigenvalue weighted by atomic mass is 16.6. The van der Waals surface area contributed by atoms with E-state index >= 15 is 0 Å². The summed E-state index contributed by atoms with van der Waals surface area (Å²) in [6, 6.07) is 14.0. The molecule has 1 N–H and O–H groups in total. The molecule has 0 atom stereocenters. The summed E-state index contributed by atoms with van der Waals surface area (Å²) in [5.74, 6) is 0. The van der Waals surface area contributed by atoms with E-state index in [0.717, 1.165) is 17.7 Å². The highest BCUT2D eigenvalue weighted by molar-refractivity contribution is 5.71. The van der Waals surface area contributed by atoms with Crippen LogP contribution in [-0.2, 0) is 6.42 Å². The summed E-state index contributed by atoms with van der Waals surface area (Å²) in [4.78, 5) is 10.6. The van der Waals surface area contributed by atoms with Gasteiger partial charge in [0.25, 0.3) is 5.69 Å². The molecule has 0 saturated carbocycles. The number of nitrogens with zero attached hydrogens (tertiary/aromatic N) is 2. The molecule has 0 aliphatic heterocycles. The number of hydrogen-bond acceptors (Lipinski definition) is 4. The molecular weight excluding hydrogens is 254 g/mol. The maximum atomic E-state index is 11.1. The van der Waals surface area contributed by atoms with Gasteiger partial charge in [0.1, 0.15) is 5.69 Å². The number of nitro groups is 1. The summed E-state index contributed by atoms with van der Waals surface area (Å²) in [7, 11) is 0. The van der Waals surface area contributed by atoms with Crippen LogP contribution in [-0.4, -0.2) is 4.92 Å². The molecule has 5 nitrogen and oxygen atoms in total. The van der Waals surface area contributed by atoms with Crippen molar-refractivity contribution in [2.45, 2.75) is 13.3 Å². The molecule has 2 aromatic carbocycles. The fourth-order valence-electron chi connectivity index (χ4n) is 1.88. The number of nitriles is 1. The van der Waals surface area contributed by atoms with Crippen LogP contribution in [0, 0.1) is 21.4 Å². The van der Waals surface area contributed by atoms with Crippen molar-refractivity contribution < 1.29 is 4.92 Å². The summed E-state index contributed by atoms with van der Waals surface area (Å²) in [5, 5.41) is 22.9. The molecule has 100 valence electrons. The average molecular weight is 267 g/mol. The van der Waals surface area contributed by atoms with Crippen molar-refractivity contribution in [2.75, 3.05) is 5.32 Å². The monoisotopic (exact) mass is 267 g/mol. The molecule has 0 heterocycles. The molecule has 0 unspecified atom stereocenters. The van der Waals surface area contributed by atoms with Crippen molar-refractivity contribution in [3.8, 4) is 6.07 Å². The van der Waals surface area contributed by atoms with Crippen LogP contribution < -0.4 is 5.32 Å². The minimum absolute atomic E-state index is 0.106. The number of benzene rings is 2. The third-order valence-corrected chi connectivity index (χ3v) is 2.94. The van der Waals surface area contributed by atoms with Crippen molar-refractivity contribution in [3.05, 3.63) is 63.7 Å². The largest absolute Gasteiger partial charge is 0.350 e. The fraction of sp³-hybridized carbons (Fsp3) is 0.133. The Morgan fingerprint density at radius 1 is 1.30 bits per heavy atom. The van der Waals surface area contributed by atoms with Gasteiger partial charge in [-0.2, -0.15) is 5.26 Å². The molecule has 0 amide bonds. The smallest absolute Gasteiger partial charge is 0.293 e. The molecule has 0 aromatic heterocycles. The summed E-state index contributed by atoms with van der Waals surface area (Å²) < 4.78 is 0. The summed E-state index contributed by atoms with van der Waals surface area (Å²) in [6.07, 6.45) is 0.894. The Morgan fingerprint density at radius 3 is 2.75 bits per heavy atom. The molecule has 2 rings (SSSR count). The van der Waals surface area contributed by atoms with Crippen LogP contribution in [0.4, 0.5) is 17.1 Å². The van der Waals surface area contributed by atoms with Gasteiger partial charge >= 0.3 is 0 Å². The number of anilines is 2. The van der Waals surface area contributed by atoms with Crippen LogP contribution in [0.2, 0.25) is 0 Å². The third-order valence-electron chi connectivity index (χ3n) is 2.94. The second-order valence-corrected chi connectivity index (χ2v) is 4.28. The van der Waals surface area contributed by atoms with Gasteiger partial charge in [0, 0.05) is 11.8 Å². The zero-order valence-corrected chi connectivity index (χ0v) is 11.0. The Morgan fingerprint density at radius 2 is 2.10 bits per heavy atom. The second kappa shape index (κ2) is 5.85. The van der Waals surface area contributed by atoms with E-state index in [1.54, 1.807) is 12.1 Å². The number of rotatable bonds is 4. The van der Waals surface area contributed by atoms with Crippen LogP contribution in [0.5, 0.6) is 0 Å². The topological polar surface area (TPSA) is 79.0 Å². The maximum Gasteiger partial charge on any atom is 0.293 e. The van der Waals surface area contributed by atoms with Gasteiger partial charge in [0.15, 0.2) is 0 Å². The Bertz CT molecular complexity index is 690. The lowest BCUT2D eigenvalue weighted by atomic mass is 10.1. The van der Waals surface area contributed by atoms with Crippen molar-refractivity contribution >= 4 is 17.1 Å². The zero-order chi connectivity index (χ0) is 14.5. The SMILES string of the molecule is CCc1cccc(Nc2ccc(C#N)cc2[N+](=O)[O-])c1. The summed E-state index contributed by atoms with van der Waals surface area (Å²) in [6.45, 7) is 2.04. The van der Waals surface area contributed by atoms with Gasteiger partial charge in [-0.3, -0.25) is 10.1 Å². The molecule has 2 aromatic rings. The highest BCUT2D eigenvalue weighted by Gasteiger charge is 2.14. The van der Waals surface area contributed by atoms with Gasteiger partial charge in [-0.25, -0.2) is 0 Å². The van der Waals surface area contributed by atoms with Crippen LogP contribution in [0.1, 0.15) is 18.1 Å². The highest BCUT2D eigenvalue weighted by Crippen LogP contribution is 2.28. The van der Waals surface area contributed by atoms with Gasteiger partial charge in [-0.15, -0.1) is 0 Å². The van der Waals surface area contributed by atoms with E-state index in [2.05, 4.69) is 5.32 Å². The first-order valence-electron chi connectivity index (χ1n) is 6.18. The van der Waals surface area contributed by atoms with E-state index in [9.17, 15) is 10.1 Å². The average Bonchev–Trinajstić information content (AvgIpc) is 2.47. The van der Waals surface area contributed by atoms with Gasteiger partial charge in [-0.1, -0.05) is 19.1 Å². The van der Waals surface area contributed by atoms with E-state index in [0.29, 0.717) is 5.69 Å². The quantitative estimate of drug-likeness (QED) is 0.675. The first kappa shape index (κ1) is 13.6. The van der Waals surface area contributed by atoms with Gasteiger partial charge in [-0.05, 0) is 36.2 Å². The van der Waals surface area contributed by atoms with Crippen molar-refractivity contribution in [2.24, 2.45) is 0 Å². The van der Waals surface area contributed by atoms with Crippen molar-refractivity contribution in [1.82, 2.24) is 0 Å². The van der Waals surface area contributed by atoms with Crippen LogP contribution >= 0.6 is 0 Å². The van der Waals surface area contributed by atoms with E-state index in [1.807, 2.05) is 37.3 Å². The minimum atomic E-state index is -0.493. The molecule has 0 spiro atoms. The molecule has 0 aliphatic rings. The number of nitro benzene ring substituents is 1.